The zero-order chi connectivity index (χ0) is 13.8. The maximum Gasteiger partial charge on any atom is 0.257 e. The lowest BCUT2D eigenvalue weighted by Gasteiger charge is -2.13. The molecule has 0 aliphatic carbocycles. The molecule has 0 aromatic carbocycles. The highest BCUT2D eigenvalue weighted by atomic mass is 32.2. The maximum atomic E-state index is 11.1. The monoisotopic (exact) mass is 275 g/mol. The van der Waals surface area contributed by atoms with Gasteiger partial charge in [0.05, 0.1) is 25.2 Å². The van der Waals surface area contributed by atoms with Crippen LogP contribution in [-0.2, 0) is 9.84 Å². The van der Waals surface area contributed by atoms with Crippen LogP contribution in [0.2, 0.25) is 0 Å². The molecule has 1 atom stereocenters. The number of sulfone groups is 1. The van der Waals surface area contributed by atoms with Crippen molar-refractivity contribution >= 4 is 9.84 Å². The number of aliphatic hydroxyl groups is 1. The number of nitrogens with zero attached hydrogens (tertiary/aromatic N) is 1. The SMILES string of the molecule is CCOc1nc(C(O)CS(C)(=O)=O)ccc1OC. The van der Waals surface area contributed by atoms with Gasteiger partial charge in [0.2, 0.25) is 0 Å². The van der Waals surface area contributed by atoms with Gasteiger partial charge >= 0.3 is 0 Å². The number of hydrogen-bond donors (Lipinski definition) is 1. The second kappa shape index (κ2) is 6.01. The Hall–Kier alpha value is -1.34. The molecule has 7 heteroatoms. The third-order valence-electron chi connectivity index (χ3n) is 2.15. The molecule has 1 heterocycles. The third kappa shape index (κ3) is 4.15. The minimum absolute atomic E-state index is 0.240. The summed E-state index contributed by atoms with van der Waals surface area (Å²) in [4.78, 5) is 4.06. The van der Waals surface area contributed by atoms with Crippen molar-refractivity contribution < 1.29 is 23.0 Å². The molecule has 0 aliphatic rings. The lowest BCUT2D eigenvalue weighted by atomic mass is 10.2. The summed E-state index contributed by atoms with van der Waals surface area (Å²) in [5.41, 5.74) is 0.240. The highest BCUT2D eigenvalue weighted by Crippen LogP contribution is 2.26. The first kappa shape index (κ1) is 14.7. The van der Waals surface area contributed by atoms with E-state index in [0.717, 1.165) is 6.26 Å². The molecule has 0 fully saturated rings. The zero-order valence-corrected chi connectivity index (χ0v) is 11.4. The molecule has 1 N–H and O–H groups in total. The van der Waals surface area contributed by atoms with Crippen molar-refractivity contribution in [3.8, 4) is 11.6 Å². The van der Waals surface area contributed by atoms with E-state index in [1.807, 2.05) is 0 Å². The standard InChI is InChI=1S/C11H17NO5S/c1-4-17-11-10(16-2)6-5-8(12-11)9(13)7-18(3,14)15/h5-6,9,13H,4,7H2,1-3H3. The zero-order valence-electron chi connectivity index (χ0n) is 10.6. The summed E-state index contributed by atoms with van der Waals surface area (Å²) in [7, 11) is -1.80. The topological polar surface area (TPSA) is 85.7 Å². The Kier molecular flexibility index (Phi) is 4.92. The van der Waals surface area contributed by atoms with Crippen molar-refractivity contribution in [3.63, 3.8) is 0 Å². The predicted octanol–water partition coefficient (Wildman–Crippen LogP) is 0.567. The Bertz CT molecular complexity index is 500. The number of hydrogen-bond acceptors (Lipinski definition) is 6. The summed E-state index contributed by atoms with van der Waals surface area (Å²) in [6, 6.07) is 3.09. The Morgan fingerprint density at radius 2 is 2.11 bits per heavy atom. The quantitative estimate of drug-likeness (QED) is 0.816. The van der Waals surface area contributed by atoms with Crippen molar-refractivity contribution in [2.24, 2.45) is 0 Å². The molecule has 0 saturated heterocycles. The maximum absolute atomic E-state index is 11.1. The molecule has 0 amide bonds. The summed E-state index contributed by atoms with van der Waals surface area (Å²) in [5.74, 6) is 0.301. The largest absolute Gasteiger partial charge is 0.491 e. The lowest BCUT2D eigenvalue weighted by Crippen LogP contribution is -2.14. The van der Waals surface area contributed by atoms with E-state index in [0.29, 0.717) is 12.4 Å². The second-order valence-corrected chi connectivity index (χ2v) is 5.97. The van der Waals surface area contributed by atoms with Crippen LogP contribution in [-0.4, -0.2) is 44.2 Å². The number of aliphatic hydroxyl groups excluding tert-OH is 1. The first-order chi connectivity index (χ1) is 8.37. The highest BCUT2D eigenvalue weighted by molar-refractivity contribution is 7.90. The van der Waals surface area contributed by atoms with Gasteiger partial charge in [-0.15, -0.1) is 0 Å². The van der Waals surface area contributed by atoms with Gasteiger partial charge < -0.3 is 14.6 Å². The van der Waals surface area contributed by atoms with Crippen molar-refractivity contribution in [2.45, 2.75) is 13.0 Å². The van der Waals surface area contributed by atoms with Gasteiger partial charge in [0.25, 0.3) is 5.88 Å². The number of pyridine rings is 1. The van der Waals surface area contributed by atoms with Crippen LogP contribution in [0, 0.1) is 0 Å². The van der Waals surface area contributed by atoms with Crippen LogP contribution >= 0.6 is 0 Å². The molecule has 1 unspecified atom stereocenters. The Morgan fingerprint density at radius 1 is 1.44 bits per heavy atom. The minimum atomic E-state index is -3.27. The van der Waals surface area contributed by atoms with Gasteiger partial charge in [0, 0.05) is 6.26 Å². The van der Waals surface area contributed by atoms with Crippen molar-refractivity contribution in [2.75, 3.05) is 25.7 Å². The number of ether oxygens (including phenoxy) is 2. The van der Waals surface area contributed by atoms with Crippen LogP contribution in [0.1, 0.15) is 18.7 Å². The number of aromatic nitrogens is 1. The molecular formula is C11H17NO5S. The van der Waals surface area contributed by atoms with E-state index in [-0.39, 0.29) is 17.3 Å². The predicted molar refractivity (Wildman–Crippen MR) is 66.6 cm³/mol. The molecule has 6 nitrogen and oxygen atoms in total. The van der Waals surface area contributed by atoms with Crippen molar-refractivity contribution in [1.29, 1.82) is 0 Å². The Labute approximate surface area is 106 Å². The van der Waals surface area contributed by atoms with E-state index < -0.39 is 15.9 Å². The summed E-state index contributed by atoms with van der Waals surface area (Å²) in [5, 5.41) is 9.77. The minimum Gasteiger partial charge on any atom is -0.491 e. The summed E-state index contributed by atoms with van der Waals surface area (Å²) < 4.78 is 32.5. The van der Waals surface area contributed by atoms with Crippen LogP contribution in [0.3, 0.4) is 0 Å². The summed E-state index contributed by atoms with van der Waals surface area (Å²) >= 11 is 0. The van der Waals surface area contributed by atoms with Crippen LogP contribution in [0.5, 0.6) is 11.6 Å². The van der Waals surface area contributed by atoms with Gasteiger partial charge in [-0.05, 0) is 19.1 Å². The van der Waals surface area contributed by atoms with Crippen molar-refractivity contribution in [1.82, 2.24) is 4.98 Å². The van der Waals surface area contributed by atoms with Gasteiger partial charge in [-0.2, -0.15) is 0 Å². The number of methoxy groups -OCH3 is 1. The van der Waals surface area contributed by atoms with E-state index in [9.17, 15) is 13.5 Å². The van der Waals surface area contributed by atoms with Crippen LogP contribution in [0.15, 0.2) is 12.1 Å². The smallest absolute Gasteiger partial charge is 0.257 e. The molecule has 102 valence electrons. The lowest BCUT2D eigenvalue weighted by molar-refractivity contribution is 0.194. The Balaban J connectivity index is 3.00. The highest BCUT2D eigenvalue weighted by Gasteiger charge is 2.18. The van der Waals surface area contributed by atoms with E-state index >= 15 is 0 Å². The molecule has 1 aromatic heterocycles. The molecule has 18 heavy (non-hydrogen) atoms. The van der Waals surface area contributed by atoms with E-state index in [1.54, 1.807) is 13.0 Å². The van der Waals surface area contributed by atoms with Crippen LogP contribution in [0.4, 0.5) is 0 Å². The van der Waals surface area contributed by atoms with Gasteiger partial charge in [0.1, 0.15) is 15.9 Å². The van der Waals surface area contributed by atoms with Gasteiger partial charge in [0.15, 0.2) is 5.75 Å². The molecule has 1 rings (SSSR count). The fourth-order valence-corrected chi connectivity index (χ4v) is 2.14. The second-order valence-electron chi connectivity index (χ2n) is 3.78. The number of rotatable bonds is 6. The van der Waals surface area contributed by atoms with E-state index in [2.05, 4.69) is 4.98 Å². The van der Waals surface area contributed by atoms with Crippen LogP contribution < -0.4 is 9.47 Å². The fraction of sp³-hybridized carbons (Fsp3) is 0.545. The van der Waals surface area contributed by atoms with Gasteiger partial charge in [-0.25, -0.2) is 13.4 Å². The van der Waals surface area contributed by atoms with E-state index in [1.165, 1.54) is 13.2 Å². The van der Waals surface area contributed by atoms with Crippen LogP contribution in [0.25, 0.3) is 0 Å². The summed E-state index contributed by atoms with van der Waals surface area (Å²) in [6.45, 7) is 2.19. The Morgan fingerprint density at radius 3 is 2.61 bits per heavy atom. The van der Waals surface area contributed by atoms with Crippen molar-refractivity contribution in [3.05, 3.63) is 17.8 Å². The molecular weight excluding hydrogens is 258 g/mol. The first-order valence-electron chi connectivity index (χ1n) is 5.41. The molecule has 0 spiro atoms. The fourth-order valence-electron chi connectivity index (χ4n) is 1.40. The summed E-state index contributed by atoms with van der Waals surface area (Å²) in [6.07, 6.45) is -0.117. The first-order valence-corrected chi connectivity index (χ1v) is 7.47. The molecule has 0 radical (unpaired) electrons. The molecule has 0 bridgehead atoms. The molecule has 1 aromatic rings. The average Bonchev–Trinajstić information content (AvgIpc) is 2.27. The molecule has 0 aliphatic heterocycles. The van der Waals surface area contributed by atoms with E-state index in [4.69, 9.17) is 9.47 Å². The average molecular weight is 275 g/mol. The normalized spacial score (nSPS) is 13.1. The van der Waals surface area contributed by atoms with Gasteiger partial charge in [-0.1, -0.05) is 0 Å². The molecule has 0 saturated carbocycles. The van der Waals surface area contributed by atoms with Gasteiger partial charge in [-0.3, -0.25) is 0 Å². The third-order valence-corrected chi connectivity index (χ3v) is 3.07.